The van der Waals surface area contributed by atoms with E-state index in [2.05, 4.69) is 10.3 Å². The molecule has 4 heterocycles. The number of para-hydroxylation sites is 1. The zero-order chi connectivity index (χ0) is 20.0. The topological polar surface area (TPSA) is 65.5 Å². The molecule has 1 aromatic heterocycles. The molecule has 3 saturated heterocycles. The van der Waals surface area contributed by atoms with Crippen molar-refractivity contribution in [2.75, 3.05) is 20.1 Å². The molecule has 0 saturated carbocycles. The number of carbonyl (C=O) groups is 2. The first-order chi connectivity index (χ1) is 14.1. The highest BCUT2D eigenvalue weighted by Crippen LogP contribution is 2.40. The van der Waals surface area contributed by atoms with Crippen molar-refractivity contribution in [2.45, 2.75) is 44.3 Å². The highest BCUT2D eigenvalue weighted by atomic mass is 16.2. The first kappa shape index (κ1) is 18.6. The molecule has 2 aromatic rings. The van der Waals surface area contributed by atoms with Crippen LogP contribution in [-0.2, 0) is 16.1 Å². The van der Waals surface area contributed by atoms with Crippen molar-refractivity contribution in [1.29, 1.82) is 0 Å². The minimum absolute atomic E-state index is 0.0605. The van der Waals surface area contributed by atoms with Crippen molar-refractivity contribution < 1.29 is 9.59 Å². The highest BCUT2D eigenvalue weighted by molar-refractivity contribution is 5.89. The summed E-state index contributed by atoms with van der Waals surface area (Å²) >= 11 is 0. The largest absolute Gasteiger partial charge is 0.340 e. The van der Waals surface area contributed by atoms with Crippen molar-refractivity contribution in [1.82, 2.24) is 20.1 Å². The smallest absolute Gasteiger partial charge is 0.245 e. The lowest BCUT2D eigenvalue weighted by Crippen LogP contribution is -2.68. The second-order valence-corrected chi connectivity index (χ2v) is 8.81. The third-order valence-corrected chi connectivity index (χ3v) is 7.00. The van der Waals surface area contributed by atoms with E-state index >= 15 is 0 Å². The molecule has 3 aliphatic rings. The van der Waals surface area contributed by atoms with Gasteiger partial charge in [0, 0.05) is 50.1 Å². The van der Waals surface area contributed by atoms with Gasteiger partial charge in [0.1, 0.15) is 6.04 Å². The van der Waals surface area contributed by atoms with Crippen LogP contribution in [0.5, 0.6) is 0 Å². The summed E-state index contributed by atoms with van der Waals surface area (Å²) < 4.78 is 0. The molecule has 3 fully saturated rings. The number of pyridine rings is 1. The highest BCUT2D eigenvalue weighted by Gasteiger charge is 2.51. The van der Waals surface area contributed by atoms with E-state index in [1.807, 2.05) is 42.3 Å². The molecule has 152 valence electrons. The van der Waals surface area contributed by atoms with E-state index in [4.69, 9.17) is 0 Å². The number of nitrogens with one attached hydrogen (secondary N) is 1. The maximum absolute atomic E-state index is 13.6. The Labute approximate surface area is 171 Å². The van der Waals surface area contributed by atoms with Gasteiger partial charge in [0.2, 0.25) is 11.8 Å². The van der Waals surface area contributed by atoms with E-state index in [1.54, 1.807) is 11.1 Å². The Morgan fingerprint density at radius 1 is 1.24 bits per heavy atom. The van der Waals surface area contributed by atoms with Gasteiger partial charge in [0.25, 0.3) is 0 Å². The third-order valence-electron chi connectivity index (χ3n) is 7.00. The Morgan fingerprint density at radius 3 is 2.97 bits per heavy atom. The maximum Gasteiger partial charge on any atom is 0.245 e. The summed E-state index contributed by atoms with van der Waals surface area (Å²) in [5, 5.41) is 4.59. The van der Waals surface area contributed by atoms with Gasteiger partial charge in [-0.3, -0.25) is 14.6 Å². The number of fused-ring (bicyclic) bond motifs is 5. The van der Waals surface area contributed by atoms with Crippen LogP contribution in [0.15, 0.2) is 36.5 Å². The normalized spacial score (nSPS) is 28.9. The lowest BCUT2D eigenvalue weighted by molar-refractivity contribution is -0.161. The van der Waals surface area contributed by atoms with Gasteiger partial charge in [-0.15, -0.1) is 0 Å². The van der Waals surface area contributed by atoms with Crippen molar-refractivity contribution >= 4 is 22.7 Å². The Morgan fingerprint density at radius 2 is 2.07 bits per heavy atom. The third kappa shape index (κ3) is 3.19. The second-order valence-electron chi connectivity index (χ2n) is 8.81. The quantitative estimate of drug-likeness (QED) is 0.870. The molecule has 0 unspecified atom stereocenters. The second kappa shape index (κ2) is 7.41. The van der Waals surface area contributed by atoms with Crippen LogP contribution >= 0.6 is 0 Å². The van der Waals surface area contributed by atoms with Crippen LogP contribution in [0.25, 0.3) is 10.9 Å². The Balaban J connectivity index is 1.42. The van der Waals surface area contributed by atoms with Gasteiger partial charge in [-0.25, -0.2) is 0 Å². The zero-order valence-electron chi connectivity index (χ0n) is 16.9. The molecule has 1 aromatic carbocycles. The summed E-state index contributed by atoms with van der Waals surface area (Å²) in [6.07, 6.45) is 5.37. The lowest BCUT2D eigenvalue weighted by atomic mass is 9.72. The van der Waals surface area contributed by atoms with E-state index in [9.17, 15) is 9.59 Å². The summed E-state index contributed by atoms with van der Waals surface area (Å²) in [5.41, 5.74) is 1.97. The van der Waals surface area contributed by atoms with E-state index in [0.29, 0.717) is 18.9 Å². The number of benzene rings is 1. The number of amides is 2. The number of carbonyl (C=O) groups excluding carboxylic acids is 2. The van der Waals surface area contributed by atoms with E-state index in [0.717, 1.165) is 48.8 Å². The number of aromatic nitrogens is 1. The number of piperidine rings is 3. The van der Waals surface area contributed by atoms with Crippen LogP contribution in [0.1, 0.15) is 31.2 Å². The molecule has 3 aliphatic heterocycles. The predicted molar refractivity (Wildman–Crippen MR) is 111 cm³/mol. The van der Waals surface area contributed by atoms with E-state index < -0.39 is 0 Å². The molecule has 0 aliphatic carbocycles. The fraction of sp³-hybridized carbons (Fsp3) is 0.522. The van der Waals surface area contributed by atoms with Gasteiger partial charge in [0.15, 0.2) is 0 Å². The van der Waals surface area contributed by atoms with Crippen LogP contribution in [-0.4, -0.2) is 58.8 Å². The zero-order valence-corrected chi connectivity index (χ0v) is 16.9. The van der Waals surface area contributed by atoms with E-state index in [-0.39, 0.29) is 29.8 Å². The Kier molecular flexibility index (Phi) is 4.74. The minimum atomic E-state index is -0.343. The van der Waals surface area contributed by atoms with Crippen LogP contribution in [0.2, 0.25) is 0 Å². The summed E-state index contributed by atoms with van der Waals surface area (Å²) in [7, 11) is 1.86. The molecular weight excluding hydrogens is 364 g/mol. The van der Waals surface area contributed by atoms with Gasteiger partial charge >= 0.3 is 0 Å². The van der Waals surface area contributed by atoms with Gasteiger partial charge in [-0.1, -0.05) is 24.3 Å². The fourth-order valence-corrected chi connectivity index (χ4v) is 5.69. The monoisotopic (exact) mass is 392 g/mol. The lowest BCUT2D eigenvalue weighted by Gasteiger charge is -2.54. The average Bonchev–Trinajstić information content (AvgIpc) is 2.75. The number of rotatable bonds is 3. The first-order valence-corrected chi connectivity index (χ1v) is 10.7. The molecule has 2 amide bonds. The molecule has 1 N–H and O–H groups in total. The molecule has 6 heteroatoms. The Bertz CT molecular complexity index is 940. The van der Waals surface area contributed by atoms with Crippen LogP contribution in [0, 0.1) is 11.8 Å². The summed E-state index contributed by atoms with van der Waals surface area (Å²) in [6.45, 7) is 2.27. The number of hydrogen-bond acceptors (Lipinski definition) is 4. The van der Waals surface area contributed by atoms with Crippen LogP contribution in [0.4, 0.5) is 0 Å². The SMILES string of the molecule is CN(Cc1cccc2cccnc12)C(=O)[C@H]1[C@@H]2CNC[C@@H](C2)[C@@H]2CCCC(=O)N21. The van der Waals surface area contributed by atoms with Crippen molar-refractivity contribution in [3.63, 3.8) is 0 Å². The van der Waals surface area contributed by atoms with Gasteiger partial charge in [-0.05, 0) is 43.4 Å². The fourth-order valence-electron chi connectivity index (χ4n) is 5.69. The first-order valence-electron chi connectivity index (χ1n) is 10.7. The molecule has 6 nitrogen and oxygen atoms in total. The summed E-state index contributed by atoms with van der Waals surface area (Å²) in [4.78, 5) is 34.8. The molecule has 4 atom stereocenters. The van der Waals surface area contributed by atoms with Crippen LogP contribution in [0.3, 0.4) is 0 Å². The predicted octanol–water partition coefficient (Wildman–Crippen LogP) is 2.18. The molecule has 0 radical (unpaired) electrons. The summed E-state index contributed by atoms with van der Waals surface area (Å²) in [6, 6.07) is 9.92. The number of hydrogen-bond donors (Lipinski definition) is 1. The van der Waals surface area contributed by atoms with Crippen molar-refractivity contribution in [3.8, 4) is 0 Å². The van der Waals surface area contributed by atoms with Crippen molar-refractivity contribution in [3.05, 3.63) is 42.1 Å². The molecule has 2 bridgehead atoms. The van der Waals surface area contributed by atoms with Gasteiger partial charge < -0.3 is 15.1 Å². The van der Waals surface area contributed by atoms with E-state index in [1.165, 1.54) is 0 Å². The average molecular weight is 393 g/mol. The van der Waals surface area contributed by atoms with Gasteiger partial charge in [0.05, 0.1) is 5.52 Å². The summed E-state index contributed by atoms with van der Waals surface area (Å²) in [5.74, 6) is 0.907. The number of nitrogens with zero attached hydrogens (tertiary/aromatic N) is 3. The molecule has 5 rings (SSSR count). The standard InChI is InChI=1S/C23H28N4O2/c1-26(14-16-6-2-5-15-7-4-10-25-21(15)16)23(29)22-18-11-17(12-24-13-18)19-8-3-9-20(28)27(19)22/h2,4-7,10,17-19,22,24H,3,8-9,11-14H2,1H3/t17-,18+,19+,22-/m1/s1. The maximum atomic E-state index is 13.6. The molecular formula is C23H28N4O2. The Hall–Kier alpha value is -2.47. The molecule has 29 heavy (non-hydrogen) atoms. The van der Waals surface area contributed by atoms with Crippen molar-refractivity contribution in [2.24, 2.45) is 11.8 Å². The number of likely N-dealkylation sites (N-methyl/N-ethyl adjacent to an activating group) is 1. The molecule has 0 spiro atoms. The van der Waals surface area contributed by atoms with Crippen LogP contribution < -0.4 is 5.32 Å². The van der Waals surface area contributed by atoms with Gasteiger partial charge in [-0.2, -0.15) is 0 Å². The minimum Gasteiger partial charge on any atom is -0.340 e.